The first-order valence-corrected chi connectivity index (χ1v) is 5.03. The van der Waals surface area contributed by atoms with Gasteiger partial charge in [-0.15, -0.1) is 0 Å². The van der Waals surface area contributed by atoms with E-state index in [2.05, 4.69) is 0 Å². The molecule has 0 aliphatic rings. The summed E-state index contributed by atoms with van der Waals surface area (Å²) in [6.07, 6.45) is 0.250. The molecule has 1 aromatic carbocycles. The van der Waals surface area contributed by atoms with Crippen LogP contribution in [0.2, 0.25) is 0 Å². The lowest BCUT2D eigenvalue weighted by molar-refractivity contribution is -0.170. The van der Waals surface area contributed by atoms with Crippen molar-refractivity contribution in [3.05, 3.63) is 23.8 Å². The van der Waals surface area contributed by atoms with E-state index >= 15 is 0 Å². The fourth-order valence-corrected chi connectivity index (χ4v) is 1.36. The van der Waals surface area contributed by atoms with Crippen molar-refractivity contribution in [3.63, 3.8) is 0 Å². The maximum absolute atomic E-state index is 11.6. The third-order valence-electron chi connectivity index (χ3n) is 2.40. The predicted molar refractivity (Wildman–Crippen MR) is 61.2 cm³/mol. The van der Waals surface area contributed by atoms with Gasteiger partial charge in [0, 0.05) is 7.05 Å². The van der Waals surface area contributed by atoms with E-state index in [1.807, 2.05) is 0 Å². The van der Waals surface area contributed by atoms with E-state index < -0.39 is 6.04 Å². The van der Waals surface area contributed by atoms with Crippen molar-refractivity contribution in [1.29, 1.82) is 0 Å². The third kappa shape index (κ3) is 3.33. The molecule has 0 unspecified atom stereocenters. The van der Waals surface area contributed by atoms with Gasteiger partial charge in [0.25, 0.3) is 5.91 Å². The van der Waals surface area contributed by atoms with E-state index in [4.69, 9.17) is 15.7 Å². The molecular formula is C11H16N2O4. The van der Waals surface area contributed by atoms with Crippen molar-refractivity contribution >= 4 is 5.91 Å². The minimum absolute atomic E-state index is 0.206. The number of phenolic OH excluding ortho intramolecular Hbond substituents is 2. The number of nitrogens with two attached hydrogens (primary N) is 1. The average Bonchev–Trinajstić information content (AvgIpc) is 2.31. The summed E-state index contributed by atoms with van der Waals surface area (Å²) in [6, 6.07) is 3.55. The van der Waals surface area contributed by atoms with Crippen LogP contribution in [0, 0.1) is 0 Å². The van der Waals surface area contributed by atoms with Crippen LogP contribution in [0.15, 0.2) is 18.2 Å². The lowest BCUT2D eigenvalue weighted by atomic mass is 10.1. The van der Waals surface area contributed by atoms with E-state index in [1.54, 1.807) is 6.07 Å². The number of hydroxylamine groups is 2. The van der Waals surface area contributed by atoms with Crippen molar-refractivity contribution in [2.45, 2.75) is 12.5 Å². The number of hydrogen-bond donors (Lipinski definition) is 3. The molecule has 1 rings (SSSR count). The monoisotopic (exact) mass is 240 g/mol. The standard InChI is InChI=1S/C11H16N2O4/c1-13(17-2)11(16)8(12)5-7-3-4-9(14)10(15)6-7/h3-4,6,8,14-15H,5,12H2,1-2H3/t8-/m0/s1. The molecule has 0 saturated heterocycles. The number of amides is 1. The van der Waals surface area contributed by atoms with E-state index in [0.717, 1.165) is 5.06 Å². The SMILES string of the molecule is CON(C)C(=O)[C@@H](N)Cc1ccc(O)c(O)c1. The Balaban J connectivity index is 2.71. The Morgan fingerprint density at radius 3 is 2.65 bits per heavy atom. The molecule has 0 fully saturated rings. The Kier molecular flexibility index (Phi) is 4.30. The number of likely N-dealkylation sites (N-methyl/N-ethyl adjacent to an activating group) is 1. The van der Waals surface area contributed by atoms with Crippen LogP contribution in [0.25, 0.3) is 0 Å². The second-order valence-corrected chi connectivity index (χ2v) is 3.65. The Morgan fingerprint density at radius 1 is 1.47 bits per heavy atom. The highest BCUT2D eigenvalue weighted by Crippen LogP contribution is 2.25. The van der Waals surface area contributed by atoms with Gasteiger partial charge in [0.1, 0.15) is 0 Å². The summed E-state index contributed by atoms with van der Waals surface area (Å²) in [4.78, 5) is 16.3. The highest BCUT2D eigenvalue weighted by molar-refractivity contribution is 5.80. The van der Waals surface area contributed by atoms with Crippen molar-refractivity contribution in [2.24, 2.45) is 5.73 Å². The van der Waals surface area contributed by atoms with Gasteiger partial charge in [-0.1, -0.05) is 6.07 Å². The van der Waals surface area contributed by atoms with Crippen LogP contribution in [0.1, 0.15) is 5.56 Å². The third-order valence-corrected chi connectivity index (χ3v) is 2.40. The Morgan fingerprint density at radius 2 is 2.12 bits per heavy atom. The summed E-state index contributed by atoms with van der Waals surface area (Å²) < 4.78 is 0. The molecule has 0 aliphatic carbocycles. The van der Waals surface area contributed by atoms with E-state index in [0.29, 0.717) is 5.56 Å². The smallest absolute Gasteiger partial charge is 0.263 e. The molecule has 0 aliphatic heterocycles. The van der Waals surface area contributed by atoms with Gasteiger partial charge in [0.05, 0.1) is 13.2 Å². The second-order valence-electron chi connectivity index (χ2n) is 3.65. The normalized spacial score (nSPS) is 12.2. The molecule has 6 heteroatoms. The topological polar surface area (TPSA) is 96.0 Å². The summed E-state index contributed by atoms with van der Waals surface area (Å²) >= 11 is 0. The molecule has 17 heavy (non-hydrogen) atoms. The first-order chi connectivity index (χ1) is 7.95. The van der Waals surface area contributed by atoms with Gasteiger partial charge in [0.2, 0.25) is 0 Å². The van der Waals surface area contributed by atoms with Gasteiger partial charge in [-0.3, -0.25) is 9.63 Å². The predicted octanol–water partition coefficient (Wildman–Crippen LogP) is -0.0126. The number of carbonyl (C=O) groups excluding carboxylic acids is 1. The fourth-order valence-electron chi connectivity index (χ4n) is 1.36. The van der Waals surface area contributed by atoms with Crippen LogP contribution in [0.3, 0.4) is 0 Å². The Bertz CT molecular complexity index is 408. The number of rotatable bonds is 4. The van der Waals surface area contributed by atoms with Gasteiger partial charge in [-0.05, 0) is 24.1 Å². The molecular weight excluding hydrogens is 224 g/mol. The number of hydrogen-bond acceptors (Lipinski definition) is 5. The van der Waals surface area contributed by atoms with Gasteiger partial charge in [-0.25, -0.2) is 5.06 Å². The maximum atomic E-state index is 11.6. The summed E-state index contributed by atoms with van der Waals surface area (Å²) in [5.41, 5.74) is 6.36. The molecule has 0 radical (unpaired) electrons. The van der Waals surface area contributed by atoms with Crippen LogP contribution in [0.4, 0.5) is 0 Å². The van der Waals surface area contributed by atoms with Gasteiger partial charge in [-0.2, -0.15) is 0 Å². The fraction of sp³-hybridized carbons (Fsp3) is 0.364. The number of phenols is 2. The summed E-state index contributed by atoms with van der Waals surface area (Å²) in [7, 11) is 2.84. The molecule has 1 atom stereocenters. The number of benzene rings is 1. The van der Waals surface area contributed by atoms with Crippen molar-refractivity contribution < 1.29 is 19.8 Å². The zero-order valence-electron chi connectivity index (χ0n) is 9.75. The lowest BCUT2D eigenvalue weighted by Gasteiger charge is -2.18. The molecule has 0 aromatic heterocycles. The van der Waals surface area contributed by atoms with Crippen molar-refractivity contribution in [1.82, 2.24) is 5.06 Å². The van der Waals surface area contributed by atoms with E-state index in [9.17, 15) is 9.90 Å². The number of carbonyl (C=O) groups is 1. The van der Waals surface area contributed by atoms with Crippen molar-refractivity contribution in [2.75, 3.05) is 14.2 Å². The van der Waals surface area contributed by atoms with Crippen molar-refractivity contribution in [3.8, 4) is 11.5 Å². The van der Waals surface area contributed by atoms with Crippen LogP contribution in [-0.2, 0) is 16.1 Å². The van der Waals surface area contributed by atoms with Crippen LogP contribution < -0.4 is 5.73 Å². The molecule has 6 nitrogen and oxygen atoms in total. The minimum Gasteiger partial charge on any atom is -0.504 e. The van der Waals surface area contributed by atoms with Gasteiger partial charge < -0.3 is 15.9 Å². The molecule has 94 valence electrons. The zero-order chi connectivity index (χ0) is 13.0. The largest absolute Gasteiger partial charge is 0.504 e. The molecule has 0 bridgehead atoms. The average molecular weight is 240 g/mol. The van der Waals surface area contributed by atoms with Gasteiger partial charge in [0.15, 0.2) is 11.5 Å². The molecule has 1 aromatic rings. The number of aromatic hydroxyl groups is 2. The first kappa shape index (κ1) is 13.3. The summed E-state index contributed by atoms with van der Waals surface area (Å²) in [5.74, 6) is -0.801. The van der Waals surface area contributed by atoms with E-state index in [-0.39, 0.29) is 23.8 Å². The van der Waals surface area contributed by atoms with E-state index in [1.165, 1.54) is 26.3 Å². The molecule has 1 amide bonds. The highest BCUT2D eigenvalue weighted by atomic mass is 16.7. The molecule has 0 saturated carbocycles. The van der Waals surface area contributed by atoms with Crippen LogP contribution in [-0.4, -0.2) is 41.4 Å². The molecule has 4 N–H and O–H groups in total. The van der Waals surface area contributed by atoms with Gasteiger partial charge >= 0.3 is 0 Å². The Labute approximate surface area is 99.2 Å². The second kappa shape index (κ2) is 5.51. The Hall–Kier alpha value is -1.79. The quantitative estimate of drug-likeness (QED) is 0.508. The maximum Gasteiger partial charge on any atom is 0.263 e. The first-order valence-electron chi connectivity index (χ1n) is 5.03. The zero-order valence-corrected chi connectivity index (χ0v) is 9.75. The molecule has 0 heterocycles. The highest BCUT2D eigenvalue weighted by Gasteiger charge is 2.18. The summed E-state index contributed by atoms with van der Waals surface area (Å²) in [6.45, 7) is 0. The van der Waals surface area contributed by atoms with Crippen LogP contribution >= 0.6 is 0 Å². The van der Waals surface area contributed by atoms with Crippen LogP contribution in [0.5, 0.6) is 11.5 Å². The molecule has 0 spiro atoms. The number of nitrogens with zero attached hydrogens (tertiary/aromatic N) is 1. The lowest BCUT2D eigenvalue weighted by Crippen LogP contribution is -2.42. The summed E-state index contributed by atoms with van der Waals surface area (Å²) in [5, 5.41) is 19.5. The minimum atomic E-state index is -0.760.